The summed E-state index contributed by atoms with van der Waals surface area (Å²) in [6, 6.07) is 0. The minimum Gasteiger partial charge on any atom is -0.448 e. The number of nitrogen functional groups attached to an aromatic ring is 1. The van der Waals surface area contributed by atoms with Crippen molar-refractivity contribution in [3.63, 3.8) is 0 Å². The van der Waals surface area contributed by atoms with Gasteiger partial charge in [0.15, 0.2) is 5.82 Å². The Bertz CT molecular complexity index is 399. The van der Waals surface area contributed by atoms with Gasteiger partial charge in [0.25, 0.3) is 0 Å². The van der Waals surface area contributed by atoms with Crippen LogP contribution in [0.4, 0.5) is 10.6 Å². The number of ether oxygens (including phenoxy) is 1. The van der Waals surface area contributed by atoms with E-state index in [9.17, 15) is 4.79 Å². The number of nitrogens with zero attached hydrogens (tertiary/aromatic N) is 3. The highest BCUT2D eigenvalue weighted by molar-refractivity contribution is 5.72. The molecule has 1 aromatic heterocycles. The molecule has 0 amide bonds. The molecule has 2 rings (SSSR count). The van der Waals surface area contributed by atoms with Gasteiger partial charge in [-0.15, -0.1) is 5.10 Å². The standard InChI is InChI=1S/C9H14N4O2/c1-3-15-9(14)13-7-5-12(2)4-6(7)8(10)11-13/h3-5H2,1-2H3,(H2,10,11). The maximum Gasteiger partial charge on any atom is 0.435 e. The molecule has 1 aliphatic heterocycles. The summed E-state index contributed by atoms with van der Waals surface area (Å²) in [5, 5.41) is 3.98. The Hall–Kier alpha value is -1.56. The molecule has 1 aliphatic rings. The molecular formula is C9H14N4O2. The number of carbonyl (C=O) groups excluding carboxylic acids is 1. The summed E-state index contributed by atoms with van der Waals surface area (Å²) in [7, 11) is 1.97. The number of hydrogen-bond acceptors (Lipinski definition) is 5. The lowest BCUT2D eigenvalue weighted by atomic mass is 10.3. The second kappa shape index (κ2) is 3.54. The summed E-state index contributed by atoms with van der Waals surface area (Å²) in [6.45, 7) is 3.51. The zero-order valence-corrected chi connectivity index (χ0v) is 8.86. The first-order valence-corrected chi connectivity index (χ1v) is 4.85. The zero-order chi connectivity index (χ0) is 11.0. The Labute approximate surface area is 87.6 Å². The third-order valence-corrected chi connectivity index (χ3v) is 2.41. The molecule has 2 heterocycles. The predicted molar refractivity (Wildman–Crippen MR) is 54.2 cm³/mol. The fraction of sp³-hybridized carbons (Fsp3) is 0.556. The van der Waals surface area contributed by atoms with Gasteiger partial charge in [-0.2, -0.15) is 4.68 Å². The van der Waals surface area contributed by atoms with Crippen LogP contribution in [-0.2, 0) is 17.8 Å². The fourth-order valence-corrected chi connectivity index (χ4v) is 1.76. The van der Waals surface area contributed by atoms with Gasteiger partial charge in [0, 0.05) is 18.7 Å². The quantitative estimate of drug-likeness (QED) is 0.727. The summed E-state index contributed by atoms with van der Waals surface area (Å²) < 4.78 is 6.15. The first-order valence-electron chi connectivity index (χ1n) is 4.85. The molecule has 6 nitrogen and oxygen atoms in total. The Morgan fingerprint density at radius 1 is 1.60 bits per heavy atom. The summed E-state index contributed by atoms with van der Waals surface area (Å²) in [6.07, 6.45) is -0.458. The summed E-state index contributed by atoms with van der Waals surface area (Å²) in [5.41, 5.74) is 7.50. The van der Waals surface area contributed by atoms with Gasteiger partial charge in [0.1, 0.15) is 0 Å². The molecule has 0 aromatic carbocycles. The minimum absolute atomic E-state index is 0.337. The van der Waals surface area contributed by atoms with Crippen molar-refractivity contribution >= 4 is 11.9 Å². The van der Waals surface area contributed by atoms with Crippen LogP contribution in [0.15, 0.2) is 0 Å². The molecule has 0 bridgehead atoms. The van der Waals surface area contributed by atoms with Crippen molar-refractivity contribution in [1.82, 2.24) is 14.7 Å². The number of hydrogen-bond donors (Lipinski definition) is 1. The number of nitrogens with two attached hydrogens (primary N) is 1. The molecule has 0 saturated heterocycles. The summed E-state index contributed by atoms with van der Waals surface area (Å²) in [4.78, 5) is 13.6. The van der Waals surface area contributed by atoms with E-state index in [1.54, 1.807) is 6.92 Å². The molecule has 2 N–H and O–H groups in total. The second-order valence-electron chi connectivity index (χ2n) is 3.59. The first-order chi connectivity index (χ1) is 7.13. The van der Waals surface area contributed by atoms with E-state index in [-0.39, 0.29) is 0 Å². The Morgan fingerprint density at radius 2 is 2.33 bits per heavy atom. The molecule has 15 heavy (non-hydrogen) atoms. The van der Waals surface area contributed by atoms with Crippen molar-refractivity contribution < 1.29 is 9.53 Å². The number of fused-ring (bicyclic) bond motifs is 1. The van der Waals surface area contributed by atoms with Crippen molar-refractivity contribution in [1.29, 1.82) is 0 Å². The molecule has 0 aliphatic carbocycles. The van der Waals surface area contributed by atoms with Gasteiger partial charge in [-0.3, -0.25) is 4.90 Å². The Balaban J connectivity index is 2.34. The van der Waals surface area contributed by atoms with Gasteiger partial charge >= 0.3 is 6.09 Å². The number of aromatic nitrogens is 2. The summed E-state index contributed by atoms with van der Waals surface area (Å²) in [5.74, 6) is 0.419. The molecular weight excluding hydrogens is 196 g/mol. The van der Waals surface area contributed by atoms with E-state index >= 15 is 0 Å². The molecule has 6 heteroatoms. The molecule has 1 aromatic rings. The number of anilines is 1. The van der Waals surface area contributed by atoms with Crippen molar-refractivity contribution in [3.8, 4) is 0 Å². The van der Waals surface area contributed by atoms with E-state index < -0.39 is 6.09 Å². The van der Waals surface area contributed by atoms with Crippen LogP contribution in [-0.4, -0.2) is 34.4 Å². The third kappa shape index (κ3) is 1.56. The lowest BCUT2D eigenvalue weighted by Crippen LogP contribution is -2.20. The van der Waals surface area contributed by atoms with E-state index in [2.05, 4.69) is 10.00 Å². The van der Waals surface area contributed by atoms with Crippen LogP contribution < -0.4 is 5.73 Å². The van der Waals surface area contributed by atoms with Crippen LogP contribution in [0.25, 0.3) is 0 Å². The van der Waals surface area contributed by atoms with Gasteiger partial charge in [-0.1, -0.05) is 0 Å². The normalized spacial score (nSPS) is 15.3. The second-order valence-corrected chi connectivity index (χ2v) is 3.59. The van der Waals surface area contributed by atoms with Crippen LogP contribution in [0.5, 0.6) is 0 Å². The van der Waals surface area contributed by atoms with Crippen LogP contribution >= 0.6 is 0 Å². The molecule has 0 saturated carbocycles. The molecule has 0 spiro atoms. The van der Waals surface area contributed by atoms with Crippen molar-refractivity contribution in [2.24, 2.45) is 0 Å². The predicted octanol–water partition coefficient (Wildman–Crippen LogP) is 0.415. The maximum absolute atomic E-state index is 11.5. The average molecular weight is 210 g/mol. The van der Waals surface area contributed by atoms with Gasteiger partial charge in [0.2, 0.25) is 0 Å². The lowest BCUT2D eigenvalue weighted by molar-refractivity contribution is 0.149. The number of rotatable bonds is 1. The Morgan fingerprint density at radius 3 is 3.00 bits per heavy atom. The topological polar surface area (TPSA) is 73.4 Å². The van der Waals surface area contributed by atoms with E-state index in [4.69, 9.17) is 10.5 Å². The maximum atomic E-state index is 11.5. The van der Waals surface area contributed by atoms with Crippen LogP contribution in [0.3, 0.4) is 0 Å². The van der Waals surface area contributed by atoms with Crippen LogP contribution in [0.2, 0.25) is 0 Å². The molecule has 82 valence electrons. The monoisotopic (exact) mass is 210 g/mol. The van der Waals surface area contributed by atoms with Gasteiger partial charge in [0.05, 0.1) is 12.3 Å². The van der Waals surface area contributed by atoms with Gasteiger partial charge in [-0.25, -0.2) is 4.79 Å². The van der Waals surface area contributed by atoms with E-state index in [1.165, 1.54) is 4.68 Å². The molecule has 0 radical (unpaired) electrons. The van der Waals surface area contributed by atoms with Crippen LogP contribution in [0, 0.1) is 0 Å². The lowest BCUT2D eigenvalue weighted by Gasteiger charge is -2.07. The highest BCUT2D eigenvalue weighted by Gasteiger charge is 2.27. The SMILES string of the molecule is CCOC(=O)n1nc(N)c2c1CN(C)C2. The van der Waals surface area contributed by atoms with Gasteiger partial charge in [-0.05, 0) is 14.0 Å². The third-order valence-electron chi connectivity index (χ3n) is 2.41. The van der Waals surface area contributed by atoms with E-state index in [1.807, 2.05) is 7.05 Å². The van der Waals surface area contributed by atoms with Crippen molar-refractivity contribution in [2.75, 3.05) is 19.4 Å². The molecule has 0 fully saturated rings. The van der Waals surface area contributed by atoms with E-state index in [0.717, 1.165) is 17.8 Å². The summed E-state index contributed by atoms with van der Waals surface area (Å²) >= 11 is 0. The largest absolute Gasteiger partial charge is 0.448 e. The van der Waals surface area contributed by atoms with Crippen molar-refractivity contribution in [3.05, 3.63) is 11.3 Å². The average Bonchev–Trinajstić information content (AvgIpc) is 2.67. The zero-order valence-electron chi connectivity index (χ0n) is 8.86. The number of carbonyl (C=O) groups is 1. The van der Waals surface area contributed by atoms with E-state index in [0.29, 0.717) is 19.0 Å². The molecule has 0 unspecified atom stereocenters. The van der Waals surface area contributed by atoms with Crippen molar-refractivity contribution in [2.45, 2.75) is 20.0 Å². The fourth-order valence-electron chi connectivity index (χ4n) is 1.76. The van der Waals surface area contributed by atoms with Crippen LogP contribution in [0.1, 0.15) is 18.2 Å². The smallest absolute Gasteiger partial charge is 0.435 e. The van der Waals surface area contributed by atoms with Gasteiger partial charge < -0.3 is 10.5 Å². The first kappa shape index (κ1) is 9.97. The highest BCUT2D eigenvalue weighted by Crippen LogP contribution is 2.26. The minimum atomic E-state index is -0.458. The highest BCUT2D eigenvalue weighted by atomic mass is 16.5. The molecule has 0 atom stereocenters. The Kier molecular flexibility index (Phi) is 2.36.